The first-order valence-electron chi connectivity index (χ1n) is 5.76. The first-order valence-corrected chi connectivity index (χ1v) is 5.76. The molecule has 0 heterocycles. The molecule has 1 rings (SSSR count). The molecular weight excluding hydrogens is 184 g/mol. The van der Waals surface area contributed by atoms with Crippen LogP contribution in [0, 0.1) is 0 Å². The summed E-state index contributed by atoms with van der Waals surface area (Å²) >= 11 is 0. The van der Waals surface area contributed by atoms with Gasteiger partial charge >= 0.3 is 0 Å². The molecule has 1 aromatic rings. The smallest absolute Gasteiger partial charge is 0.122 e. The maximum atomic E-state index is 5.64. The minimum absolute atomic E-state index is 0.729. The molecule has 0 bridgehead atoms. The van der Waals surface area contributed by atoms with Crippen molar-refractivity contribution in [3.63, 3.8) is 0 Å². The van der Waals surface area contributed by atoms with Crippen LogP contribution in [0.5, 0.6) is 0 Å². The van der Waals surface area contributed by atoms with E-state index < -0.39 is 0 Å². The Kier molecular flexibility index (Phi) is 5.60. The molecular formula is C14H20O. The summed E-state index contributed by atoms with van der Waals surface area (Å²) in [6, 6.07) is 10.3. The second kappa shape index (κ2) is 7.10. The van der Waals surface area contributed by atoms with E-state index in [0.29, 0.717) is 0 Å². The van der Waals surface area contributed by atoms with E-state index >= 15 is 0 Å². The molecule has 0 radical (unpaired) electrons. The van der Waals surface area contributed by atoms with E-state index in [0.717, 1.165) is 18.8 Å². The zero-order valence-electron chi connectivity index (χ0n) is 9.70. The normalized spacial score (nSPS) is 11.5. The minimum Gasteiger partial charge on any atom is -0.494 e. The fourth-order valence-electron chi connectivity index (χ4n) is 1.46. The van der Waals surface area contributed by atoms with Crippen molar-refractivity contribution in [1.29, 1.82) is 0 Å². The lowest BCUT2D eigenvalue weighted by atomic mass is 10.1. The summed E-state index contributed by atoms with van der Waals surface area (Å²) in [4.78, 5) is 0. The summed E-state index contributed by atoms with van der Waals surface area (Å²) in [6.45, 7) is 4.96. The second-order valence-electron chi connectivity index (χ2n) is 3.51. The van der Waals surface area contributed by atoms with Gasteiger partial charge in [0.1, 0.15) is 5.76 Å². The van der Waals surface area contributed by atoms with E-state index in [4.69, 9.17) is 4.74 Å². The van der Waals surface area contributed by atoms with Crippen LogP contribution in [0.25, 0.3) is 5.76 Å². The van der Waals surface area contributed by atoms with Crippen LogP contribution in [0.2, 0.25) is 0 Å². The Labute approximate surface area is 92.8 Å². The molecule has 0 aliphatic carbocycles. The number of hydrogen-bond acceptors (Lipinski definition) is 1. The summed E-state index contributed by atoms with van der Waals surface area (Å²) < 4.78 is 5.64. The lowest BCUT2D eigenvalue weighted by Gasteiger charge is -2.08. The van der Waals surface area contributed by atoms with Crippen molar-refractivity contribution in [1.82, 2.24) is 0 Å². The van der Waals surface area contributed by atoms with Crippen LogP contribution in [0.15, 0.2) is 36.4 Å². The van der Waals surface area contributed by atoms with Gasteiger partial charge in [-0.25, -0.2) is 0 Å². The van der Waals surface area contributed by atoms with Gasteiger partial charge in [-0.2, -0.15) is 0 Å². The highest BCUT2D eigenvalue weighted by Gasteiger charge is 1.99. The Morgan fingerprint density at radius 1 is 1.20 bits per heavy atom. The van der Waals surface area contributed by atoms with Crippen molar-refractivity contribution in [2.24, 2.45) is 0 Å². The van der Waals surface area contributed by atoms with E-state index in [2.05, 4.69) is 25.1 Å². The number of unbranched alkanes of at least 4 members (excludes halogenated alkanes) is 2. The number of ether oxygens (including phenoxy) is 1. The Balaban J connectivity index is 2.69. The van der Waals surface area contributed by atoms with Crippen molar-refractivity contribution in [3.05, 3.63) is 42.0 Å². The molecule has 0 fully saturated rings. The fourth-order valence-corrected chi connectivity index (χ4v) is 1.46. The quantitative estimate of drug-likeness (QED) is 0.497. The predicted octanol–water partition coefficient (Wildman–Crippen LogP) is 4.25. The van der Waals surface area contributed by atoms with Gasteiger partial charge in [-0.3, -0.25) is 0 Å². The van der Waals surface area contributed by atoms with Gasteiger partial charge in [0.25, 0.3) is 0 Å². The van der Waals surface area contributed by atoms with Gasteiger partial charge in [-0.15, -0.1) is 0 Å². The SMILES string of the molecule is CCCC/C=C(\OCC)c1ccccc1. The Morgan fingerprint density at radius 3 is 2.53 bits per heavy atom. The summed E-state index contributed by atoms with van der Waals surface area (Å²) in [6.07, 6.45) is 5.75. The fraction of sp³-hybridized carbons (Fsp3) is 0.429. The molecule has 0 aliphatic heterocycles. The first-order chi connectivity index (χ1) is 7.38. The van der Waals surface area contributed by atoms with Crippen LogP contribution in [0.3, 0.4) is 0 Å². The molecule has 0 spiro atoms. The molecule has 0 unspecified atom stereocenters. The highest BCUT2D eigenvalue weighted by molar-refractivity contribution is 5.59. The van der Waals surface area contributed by atoms with Gasteiger partial charge in [-0.05, 0) is 25.8 Å². The third-order valence-corrected chi connectivity index (χ3v) is 2.25. The Morgan fingerprint density at radius 2 is 1.93 bits per heavy atom. The number of hydrogen-bond donors (Lipinski definition) is 0. The number of rotatable bonds is 6. The number of benzene rings is 1. The van der Waals surface area contributed by atoms with Gasteiger partial charge in [0.05, 0.1) is 6.61 Å². The van der Waals surface area contributed by atoms with Crippen molar-refractivity contribution in [2.75, 3.05) is 6.61 Å². The summed E-state index contributed by atoms with van der Waals surface area (Å²) in [5.74, 6) is 1.02. The van der Waals surface area contributed by atoms with E-state index in [9.17, 15) is 0 Å². The molecule has 0 atom stereocenters. The third-order valence-electron chi connectivity index (χ3n) is 2.25. The molecule has 82 valence electrons. The van der Waals surface area contributed by atoms with Crippen LogP contribution in [0.4, 0.5) is 0 Å². The van der Waals surface area contributed by atoms with Crippen LogP contribution in [-0.4, -0.2) is 6.61 Å². The molecule has 15 heavy (non-hydrogen) atoms. The number of allylic oxidation sites excluding steroid dienone is 1. The van der Waals surface area contributed by atoms with Gasteiger partial charge in [0.2, 0.25) is 0 Å². The molecule has 0 amide bonds. The van der Waals surface area contributed by atoms with E-state index in [1.165, 1.54) is 18.4 Å². The van der Waals surface area contributed by atoms with E-state index in [-0.39, 0.29) is 0 Å². The largest absolute Gasteiger partial charge is 0.494 e. The van der Waals surface area contributed by atoms with Gasteiger partial charge in [0, 0.05) is 5.56 Å². The molecule has 1 aromatic carbocycles. The van der Waals surface area contributed by atoms with Crippen molar-refractivity contribution in [2.45, 2.75) is 33.1 Å². The zero-order valence-corrected chi connectivity index (χ0v) is 9.70. The maximum absolute atomic E-state index is 5.64. The van der Waals surface area contributed by atoms with Gasteiger partial charge < -0.3 is 4.74 Å². The topological polar surface area (TPSA) is 9.23 Å². The lowest BCUT2D eigenvalue weighted by Crippen LogP contribution is -1.91. The lowest BCUT2D eigenvalue weighted by molar-refractivity contribution is 0.297. The Hall–Kier alpha value is -1.24. The Bertz CT molecular complexity index is 287. The van der Waals surface area contributed by atoms with Crippen LogP contribution in [0.1, 0.15) is 38.7 Å². The molecule has 0 aliphatic rings. The highest BCUT2D eigenvalue weighted by atomic mass is 16.5. The molecule has 1 heteroatoms. The average molecular weight is 204 g/mol. The van der Waals surface area contributed by atoms with Crippen LogP contribution >= 0.6 is 0 Å². The monoisotopic (exact) mass is 204 g/mol. The standard InChI is InChI=1S/C14H20O/c1-3-5-7-12-14(15-4-2)13-10-8-6-9-11-13/h6,8-12H,3-5,7H2,1-2H3/b14-12-. The average Bonchev–Trinajstić information content (AvgIpc) is 2.29. The zero-order chi connectivity index (χ0) is 10.9. The van der Waals surface area contributed by atoms with Crippen molar-refractivity contribution in [3.8, 4) is 0 Å². The van der Waals surface area contributed by atoms with E-state index in [1.54, 1.807) is 0 Å². The molecule has 0 saturated carbocycles. The van der Waals surface area contributed by atoms with Crippen LogP contribution < -0.4 is 0 Å². The maximum Gasteiger partial charge on any atom is 0.122 e. The van der Waals surface area contributed by atoms with Gasteiger partial charge in [-0.1, -0.05) is 43.7 Å². The third kappa shape index (κ3) is 4.20. The van der Waals surface area contributed by atoms with Crippen molar-refractivity contribution >= 4 is 5.76 Å². The highest BCUT2D eigenvalue weighted by Crippen LogP contribution is 2.16. The summed E-state index contributed by atoms with van der Waals surface area (Å²) in [7, 11) is 0. The predicted molar refractivity (Wildman–Crippen MR) is 65.6 cm³/mol. The first kappa shape index (κ1) is 11.8. The molecule has 0 aromatic heterocycles. The molecule has 0 N–H and O–H groups in total. The summed E-state index contributed by atoms with van der Waals surface area (Å²) in [5, 5.41) is 0. The minimum atomic E-state index is 0.729. The molecule has 1 nitrogen and oxygen atoms in total. The van der Waals surface area contributed by atoms with Gasteiger partial charge in [0.15, 0.2) is 0 Å². The van der Waals surface area contributed by atoms with Crippen molar-refractivity contribution < 1.29 is 4.74 Å². The molecule has 0 saturated heterocycles. The van der Waals surface area contributed by atoms with Crippen LogP contribution in [-0.2, 0) is 4.74 Å². The van der Waals surface area contributed by atoms with E-state index in [1.807, 2.05) is 25.1 Å². The second-order valence-corrected chi connectivity index (χ2v) is 3.51. The summed E-state index contributed by atoms with van der Waals surface area (Å²) in [5.41, 5.74) is 1.18.